The van der Waals surface area contributed by atoms with Crippen LogP contribution in [-0.4, -0.2) is 29.2 Å². The summed E-state index contributed by atoms with van der Waals surface area (Å²) in [6, 6.07) is 14.6. The number of hydrogen-bond acceptors (Lipinski definition) is 1. The number of fused-ring (bicyclic) bond motifs is 1. The van der Waals surface area contributed by atoms with Gasteiger partial charge in [-0.05, 0) is 35.1 Å². The highest BCUT2D eigenvalue weighted by Gasteiger charge is 2.22. The van der Waals surface area contributed by atoms with Crippen LogP contribution in [0.2, 0.25) is 0 Å². The first kappa shape index (κ1) is 14.6. The van der Waals surface area contributed by atoms with E-state index in [-0.39, 0.29) is 5.91 Å². The Morgan fingerprint density at radius 3 is 2.81 bits per heavy atom. The molecule has 0 radical (unpaired) electrons. The largest absolute Gasteiger partial charge is 0.342 e. The Morgan fingerprint density at radius 2 is 2.00 bits per heavy atom. The second kappa shape index (κ2) is 6.61. The zero-order valence-corrected chi connectivity index (χ0v) is 13.7. The average Bonchev–Trinajstić information content (AvgIpc) is 2.54. The molecule has 1 atom stereocenters. The normalized spacial score (nSPS) is 18.9. The van der Waals surface area contributed by atoms with E-state index in [9.17, 15) is 4.79 Å². The Kier molecular flexibility index (Phi) is 4.59. The number of piperidine rings is 1. The Morgan fingerprint density at radius 1 is 1.19 bits per heavy atom. The minimum Gasteiger partial charge on any atom is -0.342 e. The van der Waals surface area contributed by atoms with Gasteiger partial charge in [-0.1, -0.05) is 58.4 Å². The van der Waals surface area contributed by atoms with Crippen molar-refractivity contribution >= 4 is 32.6 Å². The molecule has 1 heterocycles. The summed E-state index contributed by atoms with van der Waals surface area (Å²) in [5, 5.41) is 3.43. The van der Waals surface area contributed by atoms with Crippen LogP contribution in [0.1, 0.15) is 18.4 Å². The van der Waals surface area contributed by atoms with E-state index < -0.39 is 0 Å². The summed E-state index contributed by atoms with van der Waals surface area (Å²) in [7, 11) is 0. The van der Waals surface area contributed by atoms with E-state index in [1.807, 2.05) is 17.0 Å². The second-order valence-corrected chi connectivity index (χ2v) is 6.51. The number of halogens is 1. The minimum absolute atomic E-state index is 0.260. The highest BCUT2D eigenvalue weighted by molar-refractivity contribution is 9.09. The monoisotopic (exact) mass is 345 g/mol. The molecule has 0 bridgehead atoms. The standard InChI is InChI=1S/C18H20BrNO/c19-12-15-4-3-9-20(13-15)18(21)11-14-7-8-16-5-1-2-6-17(16)10-14/h1-2,5-8,10,15H,3-4,9,11-13H2. The topological polar surface area (TPSA) is 20.3 Å². The van der Waals surface area contributed by atoms with E-state index in [0.717, 1.165) is 30.4 Å². The van der Waals surface area contributed by atoms with Crippen molar-refractivity contribution in [2.24, 2.45) is 5.92 Å². The van der Waals surface area contributed by atoms with Gasteiger partial charge < -0.3 is 4.90 Å². The van der Waals surface area contributed by atoms with Gasteiger partial charge in [-0.25, -0.2) is 0 Å². The molecule has 21 heavy (non-hydrogen) atoms. The molecule has 2 aromatic carbocycles. The van der Waals surface area contributed by atoms with Crippen molar-refractivity contribution in [1.82, 2.24) is 4.90 Å². The van der Waals surface area contributed by atoms with Crippen molar-refractivity contribution in [2.45, 2.75) is 19.3 Å². The van der Waals surface area contributed by atoms with Crippen LogP contribution < -0.4 is 0 Å². The third kappa shape index (κ3) is 3.46. The number of hydrogen-bond donors (Lipinski definition) is 0. The van der Waals surface area contributed by atoms with Crippen molar-refractivity contribution in [3.8, 4) is 0 Å². The molecule has 1 aliphatic rings. The Labute approximate surface area is 134 Å². The zero-order valence-electron chi connectivity index (χ0n) is 12.1. The first-order valence-electron chi connectivity index (χ1n) is 7.57. The molecule has 110 valence electrons. The molecule has 2 aromatic rings. The van der Waals surface area contributed by atoms with E-state index in [0.29, 0.717) is 12.3 Å². The summed E-state index contributed by atoms with van der Waals surface area (Å²) in [5.74, 6) is 0.871. The molecule has 3 heteroatoms. The summed E-state index contributed by atoms with van der Waals surface area (Å²) >= 11 is 3.54. The van der Waals surface area contributed by atoms with Crippen LogP contribution in [0.4, 0.5) is 0 Å². The van der Waals surface area contributed by atoms with Crippen molar-refractivity contribution < 1.29 is 4.79 Å². The van der Waals surface area contributed by atoms with Crippen LogP contribution in [0.15, 0.2) is 42.5 Å². The maximum absolute atomic E-state index is 12.5. The van der Waals surface area contributed by atoms with Crippen LogP contribution in [0, 0.1) is 5.92 Å². The predicted molar refractivity (Wildman–Crippen MR) is 90.8 cm³/mol. The summed E-state index contributed by atoms with van der Waals surface area (Å²) in [4.78, 5) is 14.5. The lowest BCUT2D eigenvalue weighted by Gasteiger charge is -2.32. The number of nitrogens with zero attached hydrogens (tertiary/aromatic N) is 1. The van der Waals surface area contributed by atoms with Crippen molar-refractivity contribution in [1.29, 1.82) is 0 Å². The van der Waals surface area contributed by atoms with Gasteiger partial charge in [0.25, 0.3) is 0 Å². The third-order valence-corrected chi connectivity index (χ3v) is 5.17. The molecular weight excluding hydrogens is 326 g/mol. The highest BCUT2D eigenvalue weighted by atomic mass is 79.9. The molecule has 0 spiro atoms. The summed E-state index contributed by atoms with van der Waals surface area (Å²) in [5.41, 5.74) is 1.11. The van der Waals surface area contributed by atoms with E-state index in [2.05, 4.69) is 46.3 Å². The zero-order chi connectivity index (χ0) is 14.7. The van der Waals surface area contributed by atoms with E-state index in [1.165, 1.54) is 17.2 Å². The fraction of sp³-hybridized carbons (Fsp3) is 0.389. The van der Waals surface area contributed by atoms with Crippen molar-refractivity contribution in [3.63, 3.8) is 0 Å². The van der Waals surface area contributed by atoms with Gasteiger partial charge in [-0.15, -0.1) is 0 Å². The predicted octanol–water partition coefficient (Wildman–Crippen LogP) is 4.02. The van der Waals surface area contributed by atoms with Gasteiger partial charge in [0, 0.05) is 18.4 Å². The molecule has 0 saturated carbocycles. The Balaban J connectivity index is 1.70. The van der Waals surface area contributed by atoms with Gasteiger partial charge in [0.05, 0.1) is 6.42 Å². The Bertz CT molecular complexity index is 640. The van der Waals surface area contributed by atoms with Crippen LogP contribution in [0.5, 0.6) is 0 Å². The smallest absolute Gasteiger partial charge is 0.226 e. The molecule has 0 aliphatic carbocycles. The third-order valence-electron chi connectivity index (χ3n) is 4.26. The van der Waals surface area contributed by atoms with E-state index >= 15 is 0 Å². The van der Waals surface area contributed by atoms with Gasteiger partial charge in [0.2, 0.25) is 5.91 Å². The van der Waals surface area contributed by atoms with Crippen LogP contribution in [0.25, 0.3) is 10.8 Å². The van der Waals surface area contributed by atoms with Gasteiger partial charge >= 0.3 is 0 Å². The van der Waals surface area contributed by atoms with Gasteiger partial charge in [-0.2, -0.15) is 0 Å². The molecule has 1 unspecified atom stereocenters. The molecule has 0 N–H and O–H groups in total. The van der Waals surface area contributed by atoms with Crippen LogP contribution >= 0.6 is 15.9 Å². The lowest BCUT2D eigenvalue weighted by atomic mass is 9.99. The summed E-state index contributed by atoms with van der Waals surface area (Å²) in [6.07, 6.45) is 2.87. The lowest BCUT2D eigenvalue weighted by Crippen LogP contribution is -2.41. The molecular formula is C18H20BrNO. The fourth-order valence-corrected chi connectivity index (χ4v) is 3.58. The van der Waals surface area contributed by atoms with Crippen molar-refractivity contribution in [2.75, 3.05) is 18.4 Å². The fourth-order valence-electron chi connectivity index (χ4n) is 3.05. The van der Waals surface area contributed by atoms with Crippen LogP contribution in [-0.2, 0) is 11.2 Å². The molecule has 0 aromatic heterocycles. The van der Waals surface area contributed by atoms with Gasteiger partial charge in [0.15, 0.2) is 0 Å². The second-order valence-electron chi connectivity index (χ2n) is 5.86. The number of carbonyl (C=O) groups is 1. The molecule has 2 nitrogen and oxygen atoms in total. The Hall–Kier alpha value is -1.35. The van der Waals surface area contributed by atoms with E-state index in [4.69, 9.17) is 0 Å². The number of rotatable bonds is 3. The summed E-state index contributed by atoms with van der Waals surface area (Å²) < 4.78 is 0. The van der Waals surface area contributed by atoms with Gasteiger partial charge in [-0.3, -0.25) is 4.79 Å². The average molecular weight is 346 g/mol. The number of carbonyl (C=O) groups excluding carboxylic acids is 1. The first-order valence-corrected chi connectivity index (χ1v) is 8.70. The molecule has 1 aliphatic heterocycles. The van der Waals surface area contributed by atoms with Gasteiger partial charge in [0.1, 0.15) is 0 Å². The molecule has 1 saturated heterocycles. The highest BCUT2D eigenvalue weighted by Crippen LogP contribution is 2.20. The molecule has 1 fully saturated rings. The maximum Gasteiger partial charge on any atom is 0.226 e. The molecule has 3 rings (SSSR count). The molecule has 1 amide bonds. The number of alkyl halides is 1. The number of likely N-dealkylation sites (tertiary alicyclic amines) is 1. The summed E-state index contributed by atoms with van der Waals surface area (Å²) in [6.45, 7) is 1.81. The lowest BCUT2D eigenvalue weighted by molar-refractivity contribution is -0.132. The quantitative estimate of drug-likeness (QED) is 0.769. The first-order chi connectivity index (χ1) is 10.3. The van der Waals surface area contributed by atoms with Crippen molar-refractivity contribution in [3.05, 3.63) is 48.0 Å². The SMILES string of the molecule is O=C(Cc1ccc2ccccc2c1)N1CCCC(CBr)C1. The van der Waals surface area contributed by atoms with E-state index in [1.54, 1.807) is 0 Å². The van der Waals surface area contributed by atoms with Crippen LogP contribution in [0.3, 0.4) is 0 Å². The number of amides is 1. The number of benzene rings is 2. The maximum atomic E-state index is 12.5. The minimum atomic E-state index is 0.260.